The van der Waals surface area contributed by atoms with E-state index >= 15 is 0 Å². The van der Waals surface area contributed by atoms with Crippen LogP contribution in [0, 0.1) is 11.2 Å². The van der Waals surface area contributed by atoms with Crippen LogP contribution >= 0.6 is 11.6 Å². The van der Waals surface area contributed by atoms with E-state index in [-0.39, 0.29) is 5.02 Å². The van der Waals surface area contributed by atoms with Gasteiger partial charge in [0.15, 0.2) is 0 Å². The van der Waals surface area contributed by atoms with Gasteiger partial charge in [0.1, 0.15) is 11.4 Å². The molecule has 1 aliphatic heterocycles. The highest BCUT2D eigenvalue weighted by Gasteiger charge is 2.42. The quantitative estimate of drug-likeness (QED) is 0.519. The van der Waals surface area contributed by atoms with Gasteiger partial charge in [0.2, 0.25) is 5.91 Å². The number of hydrogen-bond donors (Lipinski definition) is 1. The molecule has 0 spiro atoms. The maximum absolute atomic E-state index is 13.5. The Morgan fingerprint density at radius 3 is 2.48 bits per heavy atom. The van der Waals surface area contributed by atoms with Crippen LogP contribution in [0.4, 0.5) is 9.18 Å². The summed E-state index contributed by atoms with van der Waals surface area (Å²) in [6.45, 7) is 9.78. The highest BCUT2D eigenvalue weighted by atomic mass is 35.5. The van der Waals surface area contributed by atoms with E-state index in [1.54, 1.807) is 37.8 Å². The molecular weight excluding hydrogens is 423 g/mol. The number of ether oxygens (including phenoxy) is 1. The van der Waals surface area contributed by atoms with Crippen molar-refractivity contribution in [2.45, 2.75) is 45.6 Å². The van der Waals surface area contributed by atoms with Crippen molar-refractivity contribution >= 4 is 35.6 Å². The number of amides is 3. The van der Waals surface area contributed by atoms with E-state index < -0.39 is 34.7 Å². The van der Waals surface area contributed by atoms with E-state index in [1.165, 1.54) is 18.2 Å². The average molecular weight is 451 g/mol. The highest BCUT2D eigenvalue weighted by molar-refractivity contribution is 6.30. The number of nitrogens with one attached hydrogen (secondary N) is 1. The average Bonchev–Trinajstić information content (AvgIpc) is 2.68. The first-order chi connectivity index (χ1) is 14.5. The van der Waals surface area contributed by atoms with Gasteiger partial charge in [-0.3, -0.25) is 14.9 Å². The van der Waals surface area contributed by atoms with Crippen molar-refractivity contribution in [3.8, 4) is 0 Å². The highest BCUT2D eigenvalue weighted by Crippen LogP contribution is 2.36. The first-order valence-electron chi connectivity index (χ1n) is 10.0. The van der Waals surface area contributed by atoms with Crippen LogP contribution in [0.25, 0.3) is 6.08 Å². The van der Waals surface area contributed by atoms with Gasteiger partial charge >= 0.3 is 6.09 Å². The minimum absolute atomic E-state index is 0.0131. The summed E-state index contributed by atoms with van der Waals surface area (Å²) in [5, 5.41) is 2.37. The Kier molecular flexibility index (Phi) is 8.01. The van der Waals surface area contributed by atoms with E-state index in [2.05, 4.69) is 11.9 Å². The number of benzene rings is 1. The van der Waals surface area contributed by atoms with Crippen molar-refractivity contribution in [2.24, 2.45) is 5.41 Å². The fourth-order valence-corrected chi connectivity index (χ4v) is 3.44. The zero-order valence-corrected chi connectivity index (χ0v) is 18.8. The number of hydrogen-bond acceptors (Lipinski definition) is 4. The summed E-state index contributed by atoms with van der Waals surface area (Å²) in [4.78, 5) is 39.0. The second-order valence-electron chi connectivity index (χ2n) is 8.57. The molecule has 0 bridgehead atoms. The minimum atomic E-state index is -0.837. The predicted molar refractivity (Wildman–Crippen MR) is 118 cm³/mol. The number of halogens is 2. The first kappa shape index (κ1) is 24.6. The molecule has 0 aliphatic carbocycles. The molecule has 1 aromatic rings. The van der Waals surface area contributed by atoms with E-state index in [1.807, 2.05) is 0 Å². The lowest BCUT2D eigenvalue weighted by molar-refractivity contribution is -0.137. The third-order valence-corrected chi connectivity index (χ3v) is 5.30. The number of likely N-dealkylation sites (tertiary alicyclic amines) is 1. The summed E-state index contributed by atoms with van der Waals surface area (Å²) >= 11 is 5.64. The first-order valence-corrected chi connectivity index (χ1v) is 10.4. The predicted octanol–water partition coefficient (Wildman–Crippen LogP) is 4.73. The van der Waals surface area contributed by atoms with Gasteiger partial charge in [-0.1, -0.05) is 23.7 Å². The summed E-state index contributed by atoms with van der Waals surface area (Å²) < 4.78 is 18.9. The Labute approximate surface area is 187 Å². The molecule has 1 heterocycles. The van der Waals surface area contributed by atoms with Crippen LogP contribution in [0.2, 0.25) is 5.02 Å². The molecule has 0 radical (unpaired) electrons. The van der Waals surface area contributed by atoms with E-state index in [0.717, 1.165) is 6.08 Å². The molecule has 1 N–H and O–H groups in total. The Balaban J connectivity index is 2.01. The van der Waals surface area contributed by atoms with Crippen LogP contribution in [-0.2, 0) is 14.3 Å². The van der Waals surface area contributed by atoms with Crippen LogP contribution in [-0.4, -0.2) is 41.5 Å². The standard InChI is InChI=1S/C23H28ClFN2O4/c1-5-10-23(11-13-27(14-12-23)21(30)31-22(2,3)4)20(29)26-19(28)9-7-16-6-8-17(24)18(25)15-16/h5-9,15H,1,10-14H2,2-4H3,(H,26,28,29). The number of carbonyl (C=O) groups is 3. The zero-order chi connectivity index (χ0) is 23.2. The zero-order valence-electron chi connectivity index (χ0n) is 18.0. The molecule has 8 heteroatoms. The van der Waals surface area contributed by atoms with Crippen LogP contribution in [0.5, 0.6) is 0 Å². The van der Waals surface area contributed by atoms with Gasteiger partial charge in [0, 0.05) is 19.2 Å². The summed E-state index contributed by atoms with van der Waals surface area (Å²) in [7, 11) is 0. The Hall–Kier alpha value is -2.67. The lowest BCUT2D eigenvalue weighted by atomic mass is 9.75. The second-order valence-corrected chi connectivity index (χ2v) is 8.97. The molecule has 1 aromatic carbocycles. The number of rotatable bonds is 5. The third-order valence-electron chi connectivity index (χ3n) is 5.00. The molecule has 1 saturated heterocycles. The molecule has 2 rings (SSSR count). The van der Waals surface area contributed by atoms with Crippen molar-refractivity contribution in [3.63, 3.8) is 0 Å². The van der Waals surface area contributed by atoms with Gasteiger partial charge in [-0.25, -0.2) is 9.18 Å². The maximum Gasteiger partial charge on any atom is 0.410 e. The fourth-order valence-electron chi connectivity index (χ4n) is 3.32. The maximum atomic E-state index is 13.5. The summed E-state index contributed by atoms with van der Waals surface area (Å²) in [5.41, 5.74) is -0.998. The van der Waals surface area contributed by atoms with Gasteiger partial charge in [-0.05, 0) is 63.8 Å². The topological polar surface area (TPSA) is 75.7 Å². The molecule has 0 atom stereocenters. The molecule has 0 unspecified atom stereocenters. The van der Waals surface area contributed by atoms with E-state index in [4.69, 9.17) is 16.3 Å². The summed E-state index contributed by atoms with van der Waals surface area (Å²) in [6.07, 6.45) is 4.91. The number of piperidine rings is 1. The van der Waals surface area contributed by atoms with Crippen molar-refractivity contribution in [3.05, 3.63) is 53.3 Å². The number of nitrogens with zero attached hydrogens (tertiary/aromatic N) is 1. The van der Waals surface area contributed by atoms with Crippen LogP contribution in [0.3, 0.4) is 0 Å². The molecule has 31 heavy (non-hydrogen) atoms. The van der Waals surface area contributed by atoms with E-state index in [0.29, 0.717) is 37.9 Å². The van der Waals surface area contributed by atoms with Crippen molar-refractivity contribution in [1.82, 2.24) is 10.2 Å². The number of allylic oxidation sites excluding steroid dienone is 1. The Morgan fingerprint density at radius 1 is 1.29 bits per heavy atom. The molecule has 1 fully saturated rings. The SMILES string of the molecule is C=CCC1(C(=O)NC(=O)C=Cc2ccc(Cl)c(F)c2)CCN(C(=O)OC(C)(C)C)CC1. The Morgan fingerprint density at radius 2 is 1.94 bits per heavy atom. The van der Waals surface area contributed by atoms with Crippen LogP contribution in [0.1, 0.15) is 45.6 Å². The van der Waals surface area contributed by atoms with Gasteiger partial charge < -0.3 is 9.64 Å². The van der Waals surface area contributed by atoms with Crippen LogP contribution in [0.15, 0.2) is 36.9 Å². The smallest absolute Gasteiger partial charge is 0.410 e. The number of carbonyl (C=O) groups excluding carboxylic acids is 3. The van der Waals surface area contributed by atoms with Crippen molar-refractivity contribution < 1.29 is 23.5 Å². The molecule has 168 valence electrons. The molecule has 6 nitrogen and oxygen atoms in total. The molecule has 3 amide bonds. The second kappa shape index (κ2) is 10.1. The molecular formula is C23H28ClFN2O4. The van der Waals surface area contributed by atoms with Gasteiger partial charge in [-0.2, -0.15) is 0 Å². The normalized spacial score (nSPS) is 16.1. The minimum Gasteiger partial charge on any atom is -0.444 e. The lowest BCUT2D eigenvalue weighted by Crippen LogP contribution is -2.51. The molecule has 0 saturated carbocycles. The largest absolute Gasteiger partial charge is 0.444 e. The lowest BCUT2D eigenvalue weighted by Gasteiger charge is -2.40. The molecule has 1 aliphatic rings. The van der Waals surface area contributed by atoms with Gasteiger partial charge in [0.05, 0.1) is 10.4 Å². The van der Waals surface area contributed by atoms with Crippen molar-refractivity contribution in [1.29, 1.82) is 0 Å². The van der Waals surface area contributed by atoms with E-state index in [9.17, 15) is 18.8 Å². The fraction of sp³-hybridized carbons (Fsp3) is 0.435. The van der Waals surface area contributed by atoms with Crippen molar-refractivity contribution in [2.75, 3.05) is 13.1 Å². The monoisotopic (exact) mass is 450 g/mol. The number of imide groups is 1. The summed E-state index contributed by atoms with van der Waals surface area (Å²) in [6, 6.07) is 4.14. The van der Waals surface area contributed by atoms with Gasteiger partial charge in [0.25, 0.3) is 5.91 Å². The third kappa shape index (κ3) is 6.92. The van der Waals surface area contributed by atoms with Crippen LogP contribution < -0.4 is 5.32 Å². The van der Waals surface area contributed by atoms with Gasteiger partial charge in [-0.15, -0.1) is 6.58 Å². The molecule has 0 aromatic heterocycles. The Bertz CT molecular complexity index is 884. The summed E-state index contributed by atoms with van der Waals surface area (Å²) in [5.74, 6) is -1.63.